The molecule has 114 valence electrons. The highest BCUT2D eigenvalue weighted by Crippen LogP contribution is 2.21. The molecular weight excluding hydrogens is 244 g/mol. The van der Waals surface area contributed by atoms with Crippen molar-refractivity contribution in [3.63, 3.8) is 0 Å². The van der Waals surface area contributed by atoms with E-state index in [2.05, 4.69) is 20.8 Å². The summed E-state index contributed by atoms with van der Waals surface area (Å²) in [5.74, 6) is 0. The van der Waals surface area contributed by atoms with Crippen LogP contribution < -0.4 is 0 Å². The van der Waals surface area contributed by atoms with Crippen LogP contribution >= 0.6 is 0 Å². The lowest BCUT2D eigenvalue weighted by Gasteiger charge is -2.20. The molecule has 0 aromatic carbocycles. The standard InChI is InChI=1S/C8H16O2.C7H14O2/c1-8(2,3)5-7(6-9)10-4;1-7(2,3)4-6(9)5-8/h6-7H,5H2,1-4H3;5-6,9H,4H2,1-3H3. The fraction of sp³-hybridized carbons (Fsp3) is 0.867. The predicted molar refractivity (Wildman–Crippen MR) is 77.1 cm³/mol. The second-order valence-corrected chi connectivity index (χ2v) is 7.14. The Labute approximate surface area is 117 Å². The molecule has 0 aliphatic heterocycles. The minimum atomic E-state index is -0.787. The molecule has 2 atom stereocenters. The van der Waals surface area contributed by atoms with Gasteiger partial charge in [-0.3, -0.25) is 0 Å². The maximum atomic E-state index is 10.3. The summed E-state index contributed by atoms with van der Waals surface area (Å²) in [4.78, 5) is 20.2. The zero-order chi connectivity index (χ0) is 15.7. The number of rotatable bonds is 5. The summed E-state index contributed by atoms with van der Waals surface area (Å²) in [6.45, 7) is 12.2. The molecule has 0 aliphatic carbocycles. The molecule has 0 bridgehead atoms. The number of aliphatic hydroxyl groups is 1. The Kier molecular flexibility index (Phi) is 9.97. The molecule has 0 amide bonds. The number of carbonyl (C=O) groups excluding carboxylic acids is 2. The minimum Gasteiger partial charge on any atom is -0.386 e. The van der Waals surface area contributed by atoms with Crippen molar-refractivity contribution in [2.24, 2.45) is 10.8 Å². The minimum absolute atomic E-state index is 0.0420. The highest BCUT2D eigenvalue weighted by Gasteiger charge is 2.17. The molecule has 4 heteroatoms. The van der Waals surface area contributed by atoms with Crippen molar-refractivity contribution in [2.45, 2.75) is 66.6 Å². The summed E-state index contributed by atoms with van der Waals surface area (Å²) in [6, 6.07) is 0. The summed E-state index contributed by atoms with van der Waals surface area (Å²) in [5, 5.41) is 8.83. The topological polar surface area (TPSA) is 63.6 Å². The quantitative estimate of drug-likeness (QED) is 0.783. The Balaban J connectivity index is 0. The molecule has 0 saturated heterocycles. The maximum absolute atomic E-state index is 10.3. The number of aldehydes is 2. The van der Waals surface area contributed by atoms with E-state index in [4.69, 9.17) is 9.84 Å². The van der Waals surface area contributed by atoms with E-state index in [1.807, 2.05) is 20.8 Å². The Hall–Kier alpha value is -0.740. The second-order valence-electron chi connectivity index (χ2n) is 7.14. The Morgan fingerprint density at radius 1 is 0.947 bits per heavy atom. The van der Waals surface area contributed by atoms with E-state index in [1.54, 1.807) is 7.11 Å². The van der Waals surface area contributed by atoms with Crippen molar-refractivity contribution >= 4 is 12.6 Å². The molecule has 0 aliphatic rings. The third kappa shape index (κ3) is 17.3. The summed E-state index contributed by atoms with van der Waals surface area (Å²) in [5.41, 5.74) is 0.210. The third-order valence-corrected chi connectivity index (χ3v) is 2.25. The summed E-state index contributed by atoms with van der Waals surface area (Å²) in [6.07, 6.45) is 1.73. The number of methoxy groups -OCH3 is 1. The number of aliphatic hydroxyl groups excluding tert-OH is 1. The van der Waals surface area contributed by atoms with Crippen LogP contribution in [0, 0.1) is 10.8 Å². The molecule has 0 rings (SSSR count). The van der Waals surface area contributed by atoms with Gasteiger partial charge in [0.05, 0.1) is 0 Å². The smallest absolute Gasteiger partial charge is 0.148 e. The molecule has 0 saturated carbocycles. The van der Waals surface area contributed by atoms with Crippen LogP contribution in [0.3, 0.4) is 0 Å². The monoisotopic (exact) mass is 274 g/mol. The van der Waals surface area contributed by atoms with Crippen LogP contribution in [0.5, 0.6) is 0 Å². The Morgan fingerprint density at radius 2 is 1.37 bits per heavy atom. The van der Waals surface area contributed by atoms with Crippen molar-refractivity contribution in [3.8, 4) is 0 Å². The summed E-state index contributed by atoms with van der Waals surface area (Å²) >= 11 is 0. The first-order valence-corrected chi connectivity index (χ1v) is 6.56. The van der Waals surface area contributed by atoms with E-state index in [0.717, 1.165) is 12.7 Å². The van der Waals surface area contributed by atoms with Gasteiger partial charge in [0, 0.05) is 7.11 Å². The SMILES string of the molecule is CC(C)(C)CC(O)C=O.COC(C=O)CC(C)(C)C. The van der Waals surface area contributed by atoms with Crippen molar-refractivity contribution < 1.29 is 19.4 Å². The lowest BCUT2D eigenvalue weighted by molar-refractivity contribution is -0.118. The van der Waals surface area contributed by atoms with E-state index in [0.29, 0.717) is 12.7 Å². The van der Waals surface area contributed by atoms with E-state index in [1.165, 1.54) is 0 Å². The molecule has 0 radical (unpaired) electrons. The highest BCUT2D eigenvalue weighted by molar-refractivity contribution is 5.56. The van der Waals surface area contributed by atoms with Gasteiger partial charge in [-0.25, -0.2) is 0 Å². The van der Waals surface area contributed by atoms with Crippen LogP contribution in [-0.2, 0) is 14.3 Å². The summed E-state index contributed by atoms with van der Waals surface area (Å²) in [7, 11) is 1.56. The average molecular weight is 274 g/mol. The van der Waals surface area contributed by atoms with Gasteiger partial charge in [-0.2, -0.15) is 0 Å². The fourth-order valence-corrected chi connectivity index (χ4v) is 1.47. The van der Waals surface area contributed by atoms with Gasteiger partial charge in [-0.1, -0.05) is 41.5 Å². The zero-order valence-corrected chi connectivity index (χ0v) is 13.4. The number of hydrogen-bond donors (Lipinski definition) is 1. The molecular formula is C15H30O4. The molecule has 0 aromatic rings. The first-order valence-electron chi connectivity index (χ1n) is 6.56. The molecule has 0 fully saturated rings. The first kappa shape index (κ1) is 20.6. The van der Waals surface area contributed by atoms with Gasteiger partial charge in [-0.15, -0.1) is 0 Å². The molecule has 1 N–H and O–H groups in total. The van der Waals surface area contributed by atoms with E-state index < -0.39 is 6.10 Å². The lowest BCUT2D eigenvalue weighted by Crippen LogP contribution is -2.20. The van der Waals surface area contributed by atoms with E-state index >= 15 is 0 Å². The van der Waals surface area contributed by atoms with Crippen LogP contribution in [0.2, 0.25) is 0 Å². The zero-order valence-electron chi connectivity index (χ0n) is 13.4. The van der Waals surface area contributed by atoms with Crippen molar-refractivity contribution in [2.75, 3.05) is 7.11 Å². The number of ether oxygens (including phenoxy) is 1. The van der Waals surface area contributed by atoms with Gasteiger partial charge in [0.2, 0.25) is 0 Å². The van der Waals surface area contributed by atoms with E-state index in [-0.39, 0.29) is 16.9 Å². The van der Waals surface area contributed by atoms with Gasteiger partial charge < -0.3 is 19.4 Å². The maximum Gasteiger partial charge on any atom is 0.148 e. The Morgan fingerprint density at radius 3 is 1.47 bits per heavy atom. The molecule has 0 spiro atoms. The lowest BCUT2D eigenvalue weighted by atomic mass is 9.89. The van der Waals surface area contributed by atoms with Crippen LogP contribution in [0.4, 0.5) is 0 Å². The number of carbonyl (C=O) groups is 2. The molecule has 2 unspecified atom stereocenters. The van der Waals surface area contributed by atoms with Gasteiger partial charge in [0.15, 0.2) is 0 Å². The van der Waals surface area contributed by atoms with Crippen LogP contribution in [0.1, 0.15) is 54.4 Å². The highest BCUT2D eigenvalue weighted by atomic mass is 16.5. The first-order chi connectivity index (χ1) is 8.45. The fourth-order valence-electron chi connectivity index (χ4n) is 1.47. The van der Waals surface area contributed by atoms with Crippen molar-refractivity contribution in [1.82, 2.24) is 0 Å². The second kappa shape index (κ2) is 9.21. The Bertz CT molecular complexity index is 248. The average Bonchev–Trinajstić information content (AvgIpc) is 2.23. The van der Waals surface area contributed by atoms with Gasteiger partial charge in [0.1, 0.15) is 24.8 Å². The van der Waals surface area contributed by atoms with E-state index in [9.17, 15) is 9.59 Å². The van der Waals surface area contributed by atoms with Crippen molar-refractivity contribution in [1.29, 1.82) is 0 Å². The van der Waals surface area contributed by atoms with Gasteiger partial charge in [0.25, 0.3) is 0 Å². The summed E-state index contributed by atoms with van der Waals surface area (Å²) < 4.78 is 4.91. The molecule has 0 aromatic heterocycles. The van der Waals surface area contributed by atoms with Gasteiger partial charge >= 0.3 is 0 Å². The molecule has 19 heavy (non-hydrogen) atoms. The molecule has 0 heterocycles. The van der Waals surface area contributed by atoms with Crippen LogP contribution in [0.15, 0.2) is 0 Å². The normalized spacial score (nSPS) is 14.9. The van der Waals surface area contributed by atoms with Gasteiger partial charge in [-0.05, 0) is 23.7 Å². The third-order valence-electron chi connectivity index (χ3n) is 2.25. The predicted octanol–water partition coefficient (Wildman–Crippen LogP) is 2.62. The van der Waals surface area contributed by atoms with Crippen molar-refractivity contribution in [3.05, 3.63) is 0 Å². The number of hydrogen-bond acceptors (Lipinski definition) is 4. The molecule has 4 nitrogen and oxygen atoms in total. The largest absolute Gasteiger partial charge is 0.386 e. The van der Waals surface area contributed by atoms with Crippen LogP contribution in [-0.4, -0.2) is 37.0 Å². The van der Waals surface area contributed by atoms with Crippen LogP contribution in [0.25, 0.3) is 0 Å².